The maximum Gasteiger partial charge on any atom is 0.417 e. The third-order valence-corrected chi connectivity index (χ3v) is 5.09. The van der Waals surface area contributed by atoms with Crippen LogP contribution in [0, 0.1) is 16.7 Å². The summed E-state index contributed by atoms with van der Waals surface area (Å²) in [7, 11) is 0. The van der Waals surface area contributed by atoms with Gasteiger partial charge in [-0.05, 0) is 35.9 Å². The number of anilines is 2. The number of hydrogen-bond donors (Lipinski definition) is 5. The number of carboxylic acids is 1. The number of carbonyl (C=O) groups excluding carboxylic acids is 2. The Bertz CT molecular complexity index is 1490. The number of rotatable bonds is 6. The average Bonchev–Trinajstić information content (AvgIpc) is 2.83. The van der Waals surface area contributed by atoms with Crippen molar-refractivity contribution < 1.29 is 37.8 Å². The molecule has 3 aromatic rings. The number of aromatic carboxylic acids is 1. The van der Waals surface area contributed by atoms with Crippen LogP contribution in [0.5, 0.6) is 5.75 Å². The second kappa shape index (κ2) is 10.2. The van der Waals surface area contributed by atoms with E-state index in [-0.39, 0.29) is 28.1 Å². The molecule has 0 unspecified atom stereocenters. The molecule has 0 bridgehead atoms. The van der Waals surface area contributed by atoms with Crippen LogP contribution in [0.25, 0.3) is 11.1 Å². The van der Waals surface area contributed by atoms with Gasteiger partial charge in [0.15, 0.2) is 0 Å². The molecule has 37 heavy (non-hydrogen) atoms. The molecule has 0 heterocycles. The first-order valence-electron chi connectivity index (χ1n) is 10.3. The van der Waals surface area contributed by atoms with E-state index < -0.39 is 52.1 Å². The van der Waals surface area contributed by atoms with Crippen molar-refractivity contribution in [2.45, 2.75) is 13.1 Å². The van der Waals surface area contributed by atoms with E-state index >= 15 is 0 Å². The van der Waals surface area contributed by atoms with E-state index in [2.05, 4.69) is 10.6 Å². The first-order valence-corrected chi connectivity index (χ1v) is 10.3. The van der Waals surface area contributed by atoms with Gasteiger partial charge in [0.25, 0.3) is 5.91 Å². The predicted octanol–water partition coefficient (Wildman–Crippen LogP) is 4.61. The lowest BCUT2D eigenvalue weighted by atomic mass is 9.94. The molecule has 0 atom stereocenters. The standard InChI is InChI=1S/C25H17F3N4O5/c1-12(33)31-20-10-21(34)17(9-15(20)14-4-2-3-5-18(14)25(26,27)28)22(30)23(35)32-19-7-6-13(11-29)8-16(19)24(36)37/h2-10,30,34H,1H3,(H,31,33)(H,32,35)(H,36,37). The number of halogens is 3. The fourth-order valence-electron chi connectivity index (χ4n) is 3.48. The molecule has 0 fully saturated rings. The van der Waals surface area contributed by atoms with Crippen LogP contribution in [0.2, 0.25) is 0 Å². The van der Waals surface area contributed by atoms with E-state index in [1.165, 1.54) is 18.2 Å². The van der Waals surface area contributed by atoms with Crippen molar-refractivity contribution in [2.75, 3.05) is 10.6 Å². The maximum atomic E-state index is 13.7. The van der Waals surface area contributed by atoms with E-state index in [4.69, 9.17) is 10.7 Å². The fourth-order valence-corrected chi connectivity index (χ4v) is 3.48. The maximum absolute atomic E-state index is 13.7. The fraction of sp³-hybridized carbons (Fsp3) is 0.0800. The topological polar surface area (TPSA) is 163 Å². The summed E-state index contributed by atoms with van der Waals surface area (Å²) in [5.41, 5.74) is -3.93. The zero-order chi connectivity index (χ0) is 27.5. The summed E-state index contributed by atoms with van der Waals surface area (Å²) in [6, 6.07) is 11.4. The summed E-state index contributed by atoms with van der Waals surface area (Å²) in [4.78, 5) is 36.0. The van der Waals surface area contributed by atoms with Gasteiger partial charge in [-0.15, -0.1) is 0 Å². The van der Waals surface area contributed by atoms with Crippen molar-refractivity contribution in [3.8, 4) is 22.9 Å². The lowest BCUT2D eigenvalue weighted by Gasteiger charge is -2.18. The van der Waals surface area contributed by atoms with Crippen LogP contribution in [0.3, 0.4) is 0 Å². The average molecular weight is 510 g/mol. The van der Waals surface area contributed by atoms with Gasteiger partial charge in [0.05, 0.1) is 34.1 Å². The van der Waals surface area contributed by atoms with Crippen molar-refractivity contribution in [3.05, 3.63) is 76.9 Å². The number of phenols is 1. The Kier molecular flexibility index (Phi) is 7.29. The molecule has 0 saturated carbocycles. The lowest BCUT2D eigenvalue weighted by molar-refractivity contribution is -0.137. The van der Waals surface area contributed by atoms with Crippen LogP contribution in [0.1, 0.15) is 34.0 Å². The zero-order valence-corrected chi connectivity index (χ0v) is 18.9. The zero-order valence-electron chi connectivity index (χ0n) is 18.9. The van der Waals surface area contributed by atoms with Gasteiger partial charge in [0, 0.05) is 24.1 Å². The number of nitriles is 1. The predicted molar refractivity (Wildman–Crippen MR) is 126 cm³/mol. The number of nitrogens with zero attached hydrogens (tertiary/aromatic N) is 1. The Hall–Kier alpha value is -5.18. The smallest absolute Gasteiger partial charge is 0.417 e. The van der Waals surface area contributed by atoms with Gasteiger partial charge >= 0.3 is 12.1 Å². The second-order valence-electron chi connectivity index (χ2n) is 7.65. The number of hydrogen-bond acceptors (Lipinski definition) is 6. The van der Waals surface area contributed by atoms with E-state index in [9.17, 15) is 37.8 Å². The molecule has 188 valence electrons. The van der Waals surface area contributed by atoms with Crippen LogP contribution in [0.15, 0.2) is 54.6 Å². The summed E-state index contributed by atoms with van der Waals surface area (Å²) in [6.45, 7) is 1.11. The van der Waals surface area contributed by atoms with Crippen LogP contribution in [-0.4, -0.2) is 33.7 Å². The largest absolute Gasteiger partial charge is 0.507 e. The molecule has 0 spiro atoms. The molecule has 0 aromatic heterocycles. The van der Waals surface area contributed by atoms with E-state index in [0.717, 1.165) is 43.3 Å². The highest BCUT2D eigenvalue weighted by Crippen LogP contribution is 2.41. The SMILES string of the molecule is CC(=O)Nc1cc(O)c(C(=N)C(=O)Nc2ccc(C#N)cc2C(=O)O)cc1-c1ccccc1C(F)(F)F. The molecular formula is C25H17F3N4O5. The third-order valence-electron chi connectivity index (χ3n) is 5.09. The van der Waals surface area contributed by atoms with Gasteiger partial charge in [-0.3, -0.25) is 15.0 Å². The number of benzene rings is 3. The van der Waals surface area contributed by atoms with Gasteiger partial charge in [-0.1, -0.05) is 18.2 Å². The highest BCUT2D eigenvalue weighted by atomic mass is 19.4. The van der Waals surface area contributed by atoms with Crippen molar-refractivity contribution in [2.24, 2.45) is 0 Å². The molecule has 9 nitrogen and oxygen atoms in total. The van der Waals surface area contributed by atoms with Crippen LogP contribution in [0.4, 0.5) is 24.5 Å². The second-order valence-corrected chi connectivity index (χ2v) is 7.65. The Morgan fingerprint density at radius 1 is 0.946 bits per heavy atom. The van der Waals surface area contributed by atoms with Crippen LogP contribution < -0.4 is 10.6 Å². The minimum absolute atomic E-state index is 0.00431. The Morgan fingerprint density at radius 2 is 1.62 bits per heavy atom. The van der Waals surface area contributed by atoms with Crippen molar-refractivity contribution in [1.29, 1.82) is 10.7 Å². The van der Waals surface area contributed by atoms with Gasteiger partial charge in [0.2, 0.25) is 5.91 Å². The highest BCUT2D eigenvalue weighted by Gasteiger charge is 2.34. The van der Waals surface area contributed by atoms with Crippen molar-refractivity contribution in [1.82, 2.24) is 0 Å². The van der Waals surface area contributed by atoms with Crippen LogP contribution in [-0.2, 0) is 15.8 Å². The van der Waals surface area contributed by atoms with E-state index in [0.29, 0.717) is 0 Å². The third kappa shape index (κ3) is 5.73. The summed E-state index contributed by atoms with van der Waals surface area (Å²) in [5, 5.41) is 41.6. The Balaban J connectivity index is 2.11. The molecule has 0 aliphatic carbocycles. The number of nitrogens with one attached hydrogen (secondary N) is 3. The molecule has 0 saturated heterocycles. The molecule has 3 rings (SSSR count). The Morgan fingerprint density at radius 3 is 2.22 bits per heavy atom. The summed E-state index contributed by atoms with van der Waals surface area (Å²) < 4.78 is 41.0. The molecular weight excluding hydrogens is 493 g/mol. The first kappa shape index (κ1) is 26.4. The van der Waals surface area contributed by atoms with E-state index in [1.807, 2.05) is 0 Å². The number of alkyl halides is 3. The molecule has 0 radical (unpaired) electrons. The number of aromatic hydroxyl groups is 1. The van der Waals surface area contributed by atoms with E-state index in [1.54, 1.807) is 6.07 Å². The number of phenolic OH excluding ortho intramolecular Hbond substituents is 1. The molecule has 0 aliphatic heterocycles. The summed E-state index contributed by atoms with van der Waals surface area (Å²) >= 11 is 0. The van der Waals surface area contributed by atoms with Crippen LogP contribution >= 0.6 is 0 Å². The molecule has 5 N–H and O–H groups in total. The quantitative estimate of drug-likeness (QED) is 0.304. The number of carboxylic acid groups (broad SMARTS) is 1. The van der Waals surface area contributed by atoms with Gasteiger partial charge < -0.3 is 20.8 Å². The minimum atomic E-state index is -4.78. The summed E-state index contributed by atoms with van der Waals surface area (Å²) in [6.07, 6.45) is -4.78. The van der Waals surface area contributed by atoms with Crippen molar-refractivity contribution >= 4 is 34.9 Å². The molecule has 3 aromatic carbocycles. The first-order chi connectivity index (χ1) is 17.3. The molecule has 2 amide bonds. The summed E-state index contributed by atoms with van der Waals surface area (Å²) in [5.74, 6) is -4.00. The van der Waals surface area contributed by atoms with Gasteiger partial charge in [-0.25, -0.2) is 4.79 Å². The molecule has 0 aliphatic rings. The highest BCUT2D eigenvalue weighted by molar-refractivity contribution is 6.48. The van der Waals surface area contributed by atoms with Gasteiger partial charge in [0.1, 0.15) is 11.5 Å². The normalized spacial score (nSPS) is 10.8. The number of carbonyl (C=O) groups is 3. The monoisotopic (exact) mass is 510 g/mol. The lowest BCUT2D eigenvalue weighted by Crippen LogP contribution is -2.24. The number of amides is 2. The Labute approximate surface area is 207 Å². The van der Waals surface area contributed by atoms with Gasteiger partial charge in [-0.2, -0.15) is 18.4 Å². The minimum Gasteiger partial charge on any atom is -0.507 e. The van der Waals surface area contributed by atoms with Crippen molar-refractivity contribution in [3.63, 3.8) is 0 Å². The molecule has 12 heteroatoms.